The van der Waals surface area contributed by atoms with Gasteiger partial charge in [-0.25, -0.2) is 0 Å². The molecule has 62 heavy (non-hydrogen) atoms. The van der Waals surface area contributed by atoms with Crippen LogP contribution in [0.1, 0.15) is 106 Å². The summed E-state index contributed by atoms with van der Waals surface area (Å²) in [6, 6.07) is 0. The molecule has 2 spiro atoms. The lowest BCUT2D eigenvalue weighted by Crippen LogP contribution is -2.65. The average molecular weight is 889 g/mol. The van der Waals surface area contributed by atoms with Gasteiger partial charge in [0.2, 0.25) is 0 Å². The molecule has 8 fully saturated rings. The molecule has 17 nitrogen and oxygen atoms in total. The second kappa shape index (κ2) is 16.5. The fourth-order valence-electron chi connectivity index (χ4n) is 15.1. The fraction of sp³-hybridized carbons (Fsp3) is 1.00. The van der Waals surface area contributed by atoms with Gasteiger partial charge in [0.25, 0.3) is 0 Å². The van der Waals surface area contributed by atoms with Gasteiger partial charge in [-0.05, 0) is 122 Å². The number of hydrogen-bond acceptors (Lipinski definition) is 17. The summed E-state index contributed by atoms with van der Waals surface area (Å²) in [6.07, 6.45) is -13.1. The predicted octanol–water partition coefficient (Wildman–Crippen LogP) is -0.334. The Labute approximate surface area is 364 Å². The van der Waals surface area contributed by atoms with Crippen molar-refractivity contribution in [1.29, 1.82) is 0 Å². The number of hydrogen-bond donors (Lipinski definition) is 11. The van der Waals surface area contributed by atoms with Crippen molar-refractivity contribution in [2.24, 2.45) is 50.7 Å². The lowest BCUT2D eigenvalue weighted by Gasteiger charge is -2.65. The van der Waals surface area contributed by atoms with Crippen LogP contribution in [0.15, 0.2) is 0 Å². The molecule has 5 saturated carbocycles. The standard InChI is InChI=1S/C45H76O17/c1-20(8-9-27(50)41(4,5)56)29-21(46)15-43(7)26-14-25(60-37-33(54)30(51)22(47)16-57-37)36-40(2,3)28(10-11-45(36)19-44(26,45)13-12-42(29,43)6)61-39-35(32(53)24(49)18-59-39)62-38-34(55)31(52)23(48)17-58-38/h20-39,46-56H,8-19H2,1-7H3/t20-,21+,22-,23+,24-,25+,26+,27+,28+,29+,30+,31+,32+,33-,34-,35-,36+,37+,38+,39+,42-,43+,44+,45-/m1/s1. The van der Waals surface area contributed by atoms with E-state index in [1.807, 2.05) is 0 Å². The van der Waals surface area contributed by atoms with E-state index < -0.39 is 109 Å². The SMILES string of the molecule is C[C@H](CC[C@H](O)C(C)(C)O)[C@H]1[C@@H](O)C[C@@]2(C)[C@@H]3C[C@H](O[C@@H]4OC[C@@H](O)[C@H](O)[C@H]4O)[C@H]4C(C)(C)[C@@H](O[C@@H]5OC[C@@H](O)[C@H](O)[C@H]5O[C@@H]5OC[C@H](O)[C@H](O)[C@H]5O)CC[C@@]45C[C@@]35CC[C@]12C. The van der Waals surface area contributed by atoms with Gasteiger partial charge in [-0.15, -0.1) is 0 Å². The first-order valence-corrected chi connectivity index (χ1v) is 23.2. The molecule has 0 unspecified atom stereocenters. The van der Waals surface area contributed by atoms with Gasteiger partial charge < -0.3 is 84.6 Å². The van der Waals surface area contributed by atoms with Gasteiger partial charge in [0.1, 0.15) is 54.9 Å². The summed E-state index contributed by atoms with van der Waals surface area (Å²) in [5.74, 6) is -0.0380. The van der Waals surface area contributed by atoms with Gasteiger partial charge in [-0.3, -0.25) is 0 Å². The van der Waals surface area contributed by atoms with Crippen LogP contribution < -0.4 is 0 Å². The van der Waals surface area contributed by atoms with Gasteiger partial charge in [0.05, 0.1) is 49.8 Å². The van der Waals surface area contributed by atoms with Crippen LogP contribution in [0.3, 0.4) is 0 Å². The Balaban J connectivity index is 1.09. The summed E-state index contributed by atoms with van der Waals surface area (Å²) in [5.41, 5.74) is -2.79. The molecule has 0 bridgehead atoms. The summed E-state index contributed by atoms with van der Waals surface area (Å²) >= 11 is 0. The maximum Gasteiger partial charge on any atom is 0.186 e. The molecule has 0 amide bonds. The Kier molecular flexibility index (Phi) is 12.7. The van der Waals surface area contributed by atoms with Crippen molar-refractivity contribution in [2.45, 2.75) is 210 Å². The lowest BCUT2D eigenvalue weighted by molar-refractivity contribution is -0.359. The molecule has 0 aromatic heterocycles. The van der Waals surface area contributed by atoms with Crippen LogP contribution in [0.5, 0.6) is 0 Å². The van der Waals surface area contributed by atoms with Gasteiger partial charge in [0.15, 0.2) is 18.9 Å². The van der Waals surface area contributed by atoms with E-state index in [-0.39, 0.29) is 65.2 Å². The highest BCUT2D eigenvalue weighted by Gasteiger charge is 2.84. The van der Waals surface area contributed by atoms with Crippen LogP contribution in [0.25, 0.3) is 0 Å². The fourth-order valence-corrected chi connectivity index (χ4v) is 15.1. The lowest BCUT2D eigenvalue weighted by atomic mass is 9.41. The second-order valence-corrected chi connectivity index (χ2v) is 22.6. The Hall–Kier alpha value is -0.680. The quantitative estimate of drug-likeness (QED) is 0.119. The van der Waals surface area contributed by atoms with E-state index in [0.29, 0.717) is 32.1 Å². The zero-order chi connectivity index (χ0) is 45.3. The molecule has 5 aliphatic carbocycles. The third kappa shape index (κ3) is 7.38. The second-order valence-electron chi connectivity index (χ2n) is 22.6. The molecule has 358 valence electrons. The smallest absolute Gasteiger partial charge is 0.186 e. The molecule has 3 saturated heterocycles. The first-order valence-electron chi connectivity index (χ1n) is 23.2. The number of ether oxygens (including phenoxy) is 6. The van der Waals surface area contributed by atoms with Crippen molar-refractivity contribution in [1.82, 2.24) is 0 Å². The third-order valence-electron chi connectivity index (χ3n) is 18.6. The number of fused-ring (bicyclic) bond motifs is 2. The summed E-state index contributed by atoms with van der Waals surface area (Å²) in [5, 5.41) is 118. The van der Waals surface area contributed by atoms with Crippen molar-refractivity contribution in [2.75, 3.05) is 19.8 Å². The topological polar surface area (TPSA) is 278 Å². The van der Waals surface area contributed by atoms with E-state index in [9.17, 15) is 56.2 Å². The van der Waals surface area contributed by atoms with E-state index in [0.717, 1.165) is 25.7 Å². The molecular weight excluding hydrogens is 812 g/mol. The maximum atomic E-state index is 12.1. The van der Waals surface area contributed by atoms with Crippen LogP contribution in [0, 0.1) is 50.7 Å². The largest absolute Gasteiger partial charge is 0.393 e. The molecular formula is C45H76O17. The van der Waals surface area contributed by atoms with Crippen LogP contribution >= 0.6 is 0 Å². The van der Waals surface area contributed by atoms with Gasteiger partial charge >= 0.3 is 0 Å². The molecule has 8 rings (SSSR count). The molecule has 8 aliphatic rings. The predicted molar refractivity (Wildman–Crippen MR) is 216 cm³/mol. The number of aliphatic hydroxyl groups excluding tert-OH is 10. The molecule has 24 atom stereocenters. The van der Waals surface area contributed by atoms with Crippen LogP contribution in [-0.2, 0) is 28.4 Å². The van der Waals surface area contributed by atoms with Crippen molar-refractivity contribution >= 4 is 0 Å². The van der Waals surface area contributed by atoms with Gasteiger partial charge in [-0.1, -0.05) is 34.6 Å². The first-order chi connectivity index (χ1) is 28.8. The van der Waals surface area contributed by atoms with Crippen molar-refractivity contribution in [3.05, 3.63) is 0 Å². The highest BCUT2D eigenvalue weighted by molar-refractivity contribution is 5.33. The van der Waals surface area contributed by atoms with Gasteiger partial charge in [0, 0.05) is 0 Å². The zero-order valence-electron chi connectivity index (χ0n) is 37.4. The monoisotopic (exact) mass is 889 g/mol. The number of aliphatic hydroxyl groups is 11. The summed E-state index contributed by atoms with van der Waals surface area (Å²) in [4.78, 5) is 0. The van der Waals surface area contributed by atoms with Crippen molar-refractivity contribution < 1.29 is 84.6 Å². The first kappa shape index (κ1) is 47.8. The minimum absolute atomic E-state index is 0.0423. The summed E-state index contributed by atoms with van der Waals surface area (Å²) in [7, 11) is 0. The minimum Gasteiger partial charge on any atom is -0.393 e. The van der Waals surface area contributed by atoms with E-state index in [4.69, 9.17) is 28.4 Å². The molecule has 11 N–H and O–H groups in total. The van der Waals surface area contributed by atoms with E-state index in [1.54, 1.807) is 13.8 Å². The minimum atomic E-state index is -1.65. The van der Waals surface area contributed by atoms with Crippen LogP contribution in [-0.4, -0.2) is 180 Å². The van der Waals surface area contributed by atoms with E-state index in [2.05, 4.69) is 34.6 Å². The van der Waals surface area contributed by atoms with Gasteiger partial charge in [-0.2, -0.15) is 0 Å². The van der Waals surface area contributed by atoms with E-state index >= 15 is 0 Å². The van der Waals surface area contributed by atoms with Crippen molar-refractivity contribution in [3.63, 3.8) is 0 Å². The Bertz CT molecular complexity index is 1600. The summed E-state index contributed by atoms with van der Waals surface area (Å²) < 4.78 is 37.1. The molecule has 3 aliphatic heterocycles. The van der Waals surface area contributed by atoms with Crippen LogP contribution in [0.4, 0.5) is 0 Å². The highest BCUT2D eigenvalue weighted by Crippen LogP contribution is 2.89. The summed E-state index contributed by atoms with van der Waals surface area (Å²) in [6.45, 7) is 13.5. The number of rotatable bonds is 11. The molecule has 3 heterocycles. The van der Waals surface area contributed by atoms with E-state index in [1.165, 1.54) is 0 Å². The Morgan fingerprint density at radius 1 is 0.645 bits per heavy atom. The molecule has 0 radical (unpaired) electrons. The van der Waals surface area contributed by atoms with Crippen LogP contribution in [0.2, 0.25) is 0 Å². The maximum absolute atomic E-state index is 12.1. The average Bonchev–Trinajstić information content (AvgIpc) is 3.80. The third-order valence-corrected chi connectivity index (χ3v) is 18.6. The molecule has 0 aromatic carbocycles. The highest BCUT2D eigenvalue weighted by atomic mass is 16.8. The zero-order valence-corrected chi connectivity index (χ0v) is 37.4. The normalized spacial score (nSPS) is 54.7. The Morgan fingerprint density at radius 2 is 1.21 bits per heavy atom. The Morgan fingerprint density at radius 3 is 1.81 bits per heavy atom. The van der Waals surface area contributed by atoms with Crippen molar-refractivity contribution in [3.8, 4) is 0 Å². The molecule has 0 aromatic rings. The molecule has 17 heteroatoms.